The summed E-state index contributed by atoms with van der Waals surface area (Å²) in [5, 5.41) is 39.9. The molecule has 0 atom stereocenters. The number of hydrogen-bond donors (Lipinski definition) is 2. The summed E-state index contributed by atoms with van der Waals surface area (Å²) in [6, 6.07) is 0. The number of tetrazole rings is 2. The van der Waals surface area contributed by atoms with Gasteiger partial charge in [0.2, 0.25) is 9.54 Å². The average molecular weight is 505 g/mol. The van der Waals surface area contributed by atoms with Gasteiger partial charge in [-0.1, -0.05) is 46.3 Å². The summed E-state index contributed by atoms with van der Waals surface area (Å²) >= 11 is 9.79. The summed E-state index contributed by atoms with van der Waals surface area (Å²) in [5.74, 6) is -1.95. The molecule has 12 nitrogen and oxygen atoms in total. The first kappa shape index (κ1) is 33.7. The zero-order chi connectivity index (χ0) is 22.2. The standard InChI is InChI=1S/2C8H14N4O2S.2Na/c2*13-7(14)5-3-1-2-4-6-12-8(15)9-10-11-12;;/h2*1-6H2,(H,13,14)(H,9,11,15);;/q;;2*+1/p-2. The van der Waals surface area contributed by atoms with E-state index in [4.69, 9.17) is 24.4 Å². The maximum absolute atomic E-state index is 10.1. The third-order valence-electron chi connectivity index (χ3n) is 4.09. The molecule has 0 radical (unpaired) electrons. The van der Waals surface area contributed by atoms with Gasteiger partial charge < -0.3 is 19.8 Å². The maximum atomic E-state index is 10.1. The van der Waals surface area contributed by atoms with Gasteiger partial charge >= 0.3 is 59.1 Å². The predicted octanol–water partition coefficient (Wildman–Crippen LogP) is -5.92. The topological polar surface area (TPSA) is 173 Å². The number of carbonyl (C=O) groups is 2. The number of nitrogens with one attached hydrogen (secondary N) is 2. The van der Waals surface area contributed by atoms with E-state index in [2.05, 4.69) is 31.1 Å². The van der Waals surface area contributed by atoms with Crippen LogP contribution in [0.5, 0.6) is 0 Å². The van der Waals surface area contributed by atoms with Crippen LogP contribution in [0.4, 0.5) is 0 Å². The minimum atomic E-state index is -0.977. The number of carboxylic acid groups (broad SMARTS) is 2. The van der Waals surface area contributed by atoms with Gasteiger partial charge in [-0.05, 0) is 63.0 Å². The second-order valence-electron chi connectivity index (χ2n) is 6.54. The Morgan fingerprint density at radius 1 is 0.688 bits per heavy atom. The Balaban J connectivity index is 0. The van der Waals surface area contributed by atoms with Gasteiger partial charge in [-0.2, -0.15) is 10.4 Å². The smallest absolute Gasteiger partial charge is 0.550 e. The molecular formula is C16H26N8Na2O4S2. The van der Waals surface area contributed by atoms with E-state index in [1.807, 2.05) is 0 Å². The number of H-pyrrole nitrogens is 2. The van der Waals surface area contributed by atoms with E-state index in [9.17, 15) is 19.8 Å². The molecule has 0 aliphatic heterocycles. The summed E-state index contributed by atoms with van der Waals surface area (Å²) in [7, 11) is 0. The number of aromatic nitrogens is 8. The average Bonchev–Trinajstić information content (AvgIpc) is 3.29. The Morgan fingerprint density at radius 3 is 1.31 bits per heavy atom. The molecule has 32 heavy (non-hydrogen) atoms. The molecule has 0 saturated heterocycles. The molecule has 2 rings (SSSR count). The van der Waals surface area contributed by atoms with E-state index in [1.165, 1.54) is 0 Å². The van der Waals surface area contributed by atoms with Crippen molar-refractivity contribution in [2.75, 3.05) is 0 Å². The third-order valence-corrected chi connectivity index (χ3v) is 4.69. The van der Waals surface area contributed by atoms with Gasteiger partial charge in [0.25, 0.3) is 0 Å². The van der Waals surface area contributed by atoms with Gasteiger partial charge in [-0.15, -0.1) is 0 Å². The van der Waals surface area contributed by atoms with E-state index in [-0.39, 0.29) is 72.0 Å². The van der Waals surface area contributed by atoms with Crippen LogP contribution in [0.1, 0.15) is 64.2 Å². The SMILES string of the molecule is O=C([O-])CCCCCCn1[nH]nnc1=S.O=C([O-])CCCCCCn1[nH]nnc1=S.[Na+].[Na+]. The number of aromatic amines is 2. The number of aliphatic carboxylic acids is 2. The van der Waals surface area contributed by atoms with Gasteiger partial charge in [0, 0.05) is 25.0 Å². The molecule has 16 heteroatoms. The van der Waals surface area contributed by atoms with Crippen molar-refractivity contribution in [2.45, 2.75) is 77.3 Å². The number of carboxylic acids is 2. The maximum Gasteiger partial charge on any atom is 1.00 e. The van der Waals surface area contributed by atoms with Crippen LogP contribution in [0.3, 0.4) is 0 Å². The van der Waals surface area contributed by atoms with Crippen molar-refractivity contribution >= 4 is 36.4 Å². The number of rotatable bonds is 14. The van der Waals surface area contributed by atoms with Crippen LogP contribution < -0.4 is 69.3 Å². The zero-order valence-electron chi connectivity index (χ0n) is 18.6. The van der Waals surface area contributed by atoms with Crippen LogP contribution in [0.25, 0.3) is 0 Å². The third kappa shape index (κ3) is 17.1. The molecule has 168 valence electrons. The van der Waals surface area contributed by atoms with Gasteiger partial charge in [0.15, 0.2) is 0 Å². The number of hydrogen-bond acceptors (Lipinski definition) is 10. The molecule has 2 N–H and O–H groups in total. The van der Waals surface area contributed by atoms with E-state index < -0.39 is 11.9 Å². The second-order valence-corrected chi connectivity index (χ2v) is 7.27. The van der Waals surface area contributed by atoms with Crippen LogP contribution in [0, 0.1) is 9.54 Å². The number of unbranched alkanes of at least 4 members (excludes halogenated alkanes) is 6. The van der Waals surface area contributed by atoms with Crippen LogP contribution in [-0.4, -0.2) is 52.4 Å². The number of carbonyl (C=O) groups excluding carboxylic acids is 2. The molecule has 0 bridgehead atoms. The normalized spacial score (nSPS) is 9.75. The molecule has 0 saturated carbocycles. The van der Waals surface area contributed by atoms with E-state index in [0.717, 1.165) is 51.6 Å². The van der Waals surface area contributed by atoms with Crippen molar-refractivity contribution in [3.63, 3.8) is 0 Å². The van der Waals surface area contributed by atoms with E-state index >= 15 is 0 Å². The van der Waals surface area contributed by atoms with Gasteiger partial charge in [-0.3, -0.25) is 0 Å². The summed E-state index contributed by atoms with van der Waals surface area (Å²) < 4.78 is 4.27. The van der Waals surface area contributed by atoms with Crippen molar-refractivity contribution in [1.29, 1.82) is 0 Å². The van der Waals surface area contributed by atoms with E-state index in [1.54, 1.807) is 9.36 Å². The second kappa shape index (κ2) is 21.1. The number of aryl methyl sites for hydroxylation is 2. The summed E-state index contributed by atoms with van der Waals surface area (Å²) in [5.41, 5.74) is 0. The minimum Gasteiger partial charge on any atom is -0.550 e. The largest absolute Gasteiger partial charge is 1.00 e. The van der Waals surface area contributed by atoms with Crippen molar-refractivity contribution in [3.8, 4) is 0 Å². The fraction of sp³-hybridized carbons (Fsp3) is 0.750. The van der Waals surface area contributed by atoms with Gasteiger partial charge in [0.05, 0.1) is 0 Å². The Morgan fingerprint density at radius 2 is 1.03 bits per heavy atom. The molecule has 0 spiro atoms. The molecule has 0 amide bonds. The Kier molecular flexibility index (Phi) is 22.2. The number of nitrogens with zero attached hydrogens (tertiary/aromatic N) is 6. The van der Waals surface area contributed by atoms with Gasteiger partial charge in [-0.25, -0.2) is 9.36 Å². The molecule has 0 aliphatic rings. The van der Waals surface area contributed by atoms with Crippen molar-refractivity contribution in [3.05, 3.63) is 9.54 Å². The van der Waals surface area contributed by atoms with Crippen molar-refractivity contribution in [2.24, 2.45) is 0 Å². The Bertz CT molecular complexity index is 800. The fourth-order valence-electron chi connectivity index (χ4n) is 2.51. The minimum absolute atomic E-state index is 0. The fourth-order valence-corrected chi connectivity index (χ4v) is 2.85. The first-order valence-electron chi connectivity index (χ1n) is 9.75. The van der Waals surface area contributed by atoms with Gasteiger partial charge in [0.1, 0.15) is 0 Å². The summed E-state index contributed by atoms with van der Waals surface area (Å²) in [4.78, 5) is 20.2. The van der Waals surface area contributed by atoms with Crippen molar-refractivity contribution in [1.82, 2.24) is 40.4 Å². The van der Waals surface area contributed by atoms with Crippen LogP contribution >= 0.6 is 24.4 Å². The molecule has 2 heterocycles. The van der Waals surface area contributed by atoms with Crippen LogP contribution in [0.2, 0.25) is 0 Å². The summed E-state index contributed by atoms with van der Waals surface area (Å²) in [6.07, 6.45) is 7.23. The van der Waals surface area contributed by atoms with E-state index in [0.29, 0.717) is 22.4 Å². The Labute approximate surface area is 240 Å². The molecule has 2 aromatic rings. The zero-order valence-corrected chi connectivity index (χ0v) is 24.3. The molecule has 2 aromatic heterocycles. The molecule has 0 aromatic carbocycles. The first-order chi connectivity index (χ1) is 14.4. The predicted molar refractivity (Wildman–Crippen MR) is 107 cm³/mol. The molecule has 0 fully saturated rings. The van der Waals surface area contributed by atoms with Crippen molar-refractivity contribution < 1.29 is 78.9 Å². The summed E-state index contributed by atoms with van der Waals surface area (Å²) in [6.45, 7) is 1.49. The first-order valence-corrected chi connectivity index (χ1v) is 10.6. The Hall–Kier alpha value is -0.480. The molecular weight excluding hydrogens is 478 g/mol. The molecule has 0 unspecified atom stereocenters. The van der Waals surface area contributed by atoms with Crippen LogP contribution in [0.15, 0.2) is 0 Å². The van der Waals surface area contributed by atoms with Crippen LogP contribution in [-0.2, 0) is 22.7 Å². The molecule has 0 aliphatic carbocycles. The monoisotopic (exact) mass is 504 g/mol. The quantitative estimate of drug-likeness (QED) is 0.143.